The summed E-state index contributed by atoms with van der Waals surface area (Å²) in [5, 5.41) is 21.5. The van der Waals surface area contributed by atoms with E-state index in [9.17, 15) is 10.1 Å². The van der Waals surface area contributed by atoms with E-state index in [1.54, 1.807) is 11.2 Å². The van der Waals surface area contributed by atoms with E-state index in [2.05, 4.69) is 39.8 Å². The van der Waals surface area contributed by atoms with Gasteiger partial charge in [0.15, 0.2) is 5.82 Å². The summed E-state index contributed by atoms with van der Waals surface area (Å²) < 4.78 is 1.85. The maximum absolute atomic E-state index is 13.7. The number of aromatic nitrogens is 4. The van der Waals surface area contributed by atoms with E-state index in [4.69, 9.17) is 4.98 Å². The summed E-state index contributed by atoms with van der Waals surface area (Å²) in [4.78, 5) is 20.5. The van der Waals surface area contributed by atoms with E-state index in [0.717, 1.165) is 70.9 Å². The fourth-order valence-electron chi connectivity index (χ4n) is 5.38. The van der Waals surface area contributed by atoms with E-state index in [-0.39, 0.29) is 5.91 Å². The van der Waals surface area contributed by atoms with Gasteiger partial charge in [-0.1, -0.05) is 18.2 Å². The maximum Gasteiger partial charge on any atom is 0.260 e. The summed E-state index contributed by atoms with van der Waals surface area (Å²) in [5.74, 6) is 2.57. The van der Waals surface area contributed by atoms with Crippen LogP contribution < -0.4 is 10.2 Å². The zero-order chi connectivity index (χ0) is 26.5. The second-order valence-electron chi connectivity index (χ2n) is 11.0. The lowest BCUT2D eigenvalue weighted by atomic mass is 9.96. The van der Waals surface area contributed by atoms with Gasteiger partial charge in [0.25, 0.3) is 5.91 Å². The normalized spacial score (nSPS) is 16.4. The molecule has 0 spiro atoms. The Labute approximate surface area is 227 Å². The van der Waals surface area contributed by atoms with Crippen molar-refractivity contribution in [1.82, 2.24) is 25.1 Å². The first-order valence-electron chi connectivity index (χ1n) is 13.6. The Hall–Kier alpha value is -4.35. The van der Waals surface area contributed by atoms with Gasteiger partial charge < -0.3 is 9.88 Å². The molecule has 2 aromatic carbocycles. The van der Waals surface area contributed by atoms with E-state index in [1.165, 1.54) is 12.8 Å². The van der Waals surface area contributed by atoms with Crippen LogP contribution in [0.3, 0.4) is 0 Å². The number of fused-ring (bicyclic) bond motifs is 1. The van der Waals surface area contributed by atoms with Crippen molar-refractivity contribution in [2.45, 2.75) is 44.7 Å². The number of carbonyl (C=O) groups excluding carboxylic acids is 1. The highest BCUT2D eigenvalue weighted by molar-refractivity contribution is 6.10. The summed E-state index contributed by atoms with van der Waals surface area (Å²) in [5.41, 5.74) is 7.21. The van der Waals surface area contributed by atoms with Crippen molar-refractivity contribution in [3.8, 4) is 28.6 Å². The third-order valence-corrected chi connectivity index (χ3v) is 7.95. The van der Waals surface area contributed by atoms with Gasteiger partial charge in [0.1, 0.15) is 12.1 Å². The number of rotatable bonds is 8. The van der Waals surface area contributed by atoms with Gasteiger partial charge in [-0.3, -0.25) is 9.69 Å². The molecule has 4 aromatic rings. The molecule has 0 saturated heterocycles. The second-order valence-corrected chi connectivity index (χ2v) is 11.0. The van der Waals surface area contributed by atoms with Gasteiger partial charge in [0.05, 0.1) is 18.2 Å². The van der Waals surface area contributed by atoms with E-state index in [1.807, 2.05) is 41.9 Å². The van der Waals surface area contributed by atoms with Crippen LogP contribution >= 0.6 is 0 Å². The number of benzene rings is 2. The van der Waals surface area contributed by atoms with Crippen LogP contribution in [0, 0.1) is 17.2 Å². The lowest BCUT2D eigenvalue weighted by Crippen LogP contribution is -2.24. The van der Waals surface area contributed by atoms with Gasteiger partial charge in [0, 0.05) is 36.3 Å². The third kappa shape index (κ3) is 4.59. The highest BCUT2D eigenvalue weighted by Gasteiger charge is 2.32. The molecule has 2 aromatic heterocycles. The molecule has 2 saturated carbocycles. The van der Waals surface area contributed by atoms with Gasteiger partial charge in [0.2, 0.25) is 0 Å². The van der Waals surface area contributed by atoms with Crippen molar-refractivity contribution in [3.63, 3.8) is 0 Å². The number of nitriles is 1. The topological polar surface area (TPSA) is 99.7 Å². The molecule has 1 N–H and O–H groups in total. The van der Waals surface area contributed by atoms with Gasteiger partial charge in [-0.15, -0.1) is 10.2 Å². The Morgan fingerprint density at radius 1 is 1.03 bits per heavy atom. The average molecular weight is 516 g/mol. The lowest BCUT2D eigenvalue weighted by Gasteiger charge is -2.18. The summed E-state index contributed by atoms with van der Waals surface area (Å²) in [7, 11) is 1.89. The minimum atomic E-state index is -0.00575. The molecule has 8 nitrogen and oxygen atoms in total. The van der Waals surface area contributed by atoms with Gasteiger partial charge in [-0.2, -0.15) is 5.26 Å². The number of nitrogens with one attached hydrogen (secondary N) is 1. The quantitative estimate of drug-likeness (QED) is 0.356. The number of pyridine rings is 1. The van der Waals surface area contributed by atoms with Crippen LogP contribution in [0.4, 0.5) is 5.82 Å². The summed E-state index contributed by atoms with van der Waals surface area (Å²) in [6.07, 6.45) is 6.50. The Morgan fingerprint density at radius 2 is 1.90 bits per heavy atom. The molecule has 3 heterocycles. The maximum atomic E-state index is 13.7. The first-order chi connectivity index (χ1) is 19.1. The van der Waals surface area contributed by atoms with E-state index in [0.29, 0.717) is 29.7 Å². The predicted octanol–water partition coefficient (Wildman–Crippen LogP) is 4.95. The van der Waals surface area contributed by atoms with Crippen LogP contribution in [0.2, 0.25) is 0 Å². The average Bonchev–Trinajstić information content (AvgIpc) is 3.89. The zero-order valence-electron chi connectivity index (χ0n) is 21.9. The van der Waals surface area contributed by atoms with Crippen LogP contribution in [0.25, 0.3) is 22.5 Å². The third-order valence-electron chi connectivity index (χ3n) is 7.95. The fourth-order valence-corrected chi connectivity index (χ4v) is 5.38. The largest absolute Gasteiger partial charge is 0.317 e. The van der Waals surface area contributed by atoms with Crippen molar-refractivity contribution in [2.75, 3.05) is 11.4 Å². The van der Waals surface area contributed by atoms with Crippen molar-refractivity contribution in [1.29, 1.82) is 5.26 Å². The first-order valence-corrected chi connectivity index (χ1v) is 13.6. The number of aryl methyl sites for hydroxylation is 1. The molecule has 3 aliphatic rings. The van der Waals surface area contributed by atoms with Gasteiger partial charge >= 0.3 is 0 Å². The highest BCUT2D eigenvalue weighted by Crippen LogP contribution is 2.43. The molecule has 39 heavy (non-hydrogen) atoms. The summed E-state index contributed by atoms with van der Waals surface area (Å²) in [6, 6.07) is 18.2. The number of amides is 1. The molecule has 0 unspecified atom stereocenters. The van der Waals surface area contributed by atoms with Crippen LogP contribution in [0.1, 0.15) is 64.3 Å². The van der Waals surface area contributed by atoms with Crippen molar-refractivity contribution in [2.24, 2.45) is 13.0 Å². The Bertz CT molecular complexity index is 1640. The second kappa shape index (κ2) is 9.44. The van der Waals surface area contributed by atoms with Crippen LogP contribution in [0.5, 0.6) is 0 Å². The van der Waals surface area contributed by atoms with E-state index < -0.39 is 0 Å². The number of carbonyl (C=O) groups is 1. The molecule has 0 atom stereocenters. The molecular weight excluding hydrogens is 486 g/mol. The van der Waals surface area contributed by atoms with Crippen LogP contribution in [0.15, 0.2) is 54.9 Å². The highest BCUT2D eigenvalue weighted by atomic mass is 16.2. The smallest absolute Gasteiger partial charge is 0.260 e. The van der Waals surface area contributed by atoms with Gasteiger partial charge in [-0.25, -0.2) is 4.98 Å². The van der Waals surface area contributed by atoms with Crippen LogP contribution in [-0.2, 0) is 20.1 Å². The lowest BCUT2D eigenvalue weighted by molar-refractivity contribution is 0.0996. The molecule has 2 fully saturated rings. The fraction of sp³-hybridized carbons (Fsp3) is 0.323. The number of hydrogen-bond donors (Lipinski definition) is 1. The molecule has 0 bridgehead atoms. The first kappa shape index (κ1) is 23.7. The Balaban J connectivity index is 1.25. The minimum absolute atomic E-state index is 0.00575. The van der Waals surface area contributed by atoms with E-state index >= 15 is 0 Å². The number of nitrogens with zero attached hydrogens (tertiary/aromatic N) is 6. The van der Waals surface area contributed by atoms with Crippen molar-refractivity contribution in [3.05, 3.63) is 82.8 Å². The predicted molar refractivity (Wildman–Crippen MR) is 148 cm³/mol. The number of hydrogen-bond acceptors (Lipinski definition) is 6. The molecule has 7 rings (SSSR count). The molecule has 1 aliphatic heterocycles. The zero-order valence-corrected chi connectivity index (χ0v) is 21.9. The standard InChI is InChI=1S/C31H29N7O/c1-37-18-34-36-30(37)27-10-20(14-32)5-9-25(27)24-12-28(22-7-8-22)35-29(13-24)38-17-23-6-4-21(11-26(23)31(38)39)16-33-15-19-2-3-19/h4-6,9-13,18-19,22,33H,2-3,7-8,15-17H2,1H3. The molecule has 194 valence electrons. The summed E-state index contributed by atoms with van der Waals surface area (Å²) in [6.45, 7) is 2.33. The molecule has 8 heteroatoms. The molecule has 0 radical (unpaired) electrons. The monoisotopic (exact) mass is 515 g/mol. The Morgan fingerprint density at radius 3 is 2.64 bits per heavy atom. The Kier molecular flexibility index (Phi) is 5.75. The van der Waals surface area contributed by atoms with Crippen molar-refractivity contribution < 1.29 is 4.79 Å². The minimum Gasteiger partial charge on any atom is -0.317 e. The molecular formula is C31H29N7O. The van der Waals surface area contributed by atoms with Crippen LogP contribution in [-0.4, -0.2) is 32.2 Å². The van der Waals surface area contributed by atoms with Gasteiger partial charge in [-0.05, 0) is 90.7 Å². The summed E-state index contributed by atoms with van der Waals surface area (Å²) >= 11 is 0. The van der Waals surface area contributed by atoms with Crippen molar-refractivity contribution >= 4 is 11.7 Å². The molecule has 2 aliphatic carbocycles. The molecule has 1 amide bonds. The number of anilines is 1. The SMILES string of the molecule is Cn1cnnc1-c1cc(C#N)ccc1-c1cc(C2CC2)nc(N2Cc3ccc(CNCC4CC4)cc3C2=O)c1.